The number of hydrogen-bond acceptors (Lipinski definition) is 4. The van der Waals surface area contributed by atoms with Crippen LogP contribution in [-0.4, -0.2) is 22.1 Å². The highest BCUT2D eigenvalue weighted by atomic mass is 15.0. The van der Waals surface area contributed by atoms with E-state index in [-0.39, 0.29) is 0 Å². The highest BCUT2D eigenvalue weighted by Gasteiger charge is 2.24. The zero-order valence-electron chi connectivity index (χ0n) is 12.9. The summed E-state index contributed by atoms with van der Waals surface area (Å²) in [5, 5.41) is 7.38. The number of rotatable bonds is 6. The third-order valence-electron chi connectivity index (χ3n) is 4.33. The lowest BCUT2D eigenvalue weighted by atomic mass is 9.90. The molecule has 1 aliphatic carbocycles. The van der Waals surface area contributed by atoms with Crippen LogP contribution >= 0.6 is 0 Å². The Labute approximate surface area is 132 Å². The molecule has 0 aromatic carbocycles. The second kappa shape index (κ2) is 8.01. The molecule has 1 fully saturated rings. The SMILES string of the molecule is c1ccc(CN[C@@H]2CCCC[C@H]2NCc2cccnc2)nc1. The Morgan fingerprint density at radius 3 is 2.41 bits per heavy atom. The van der Waals surface area contributed by atoms with Gasteiger partial charge in [0.1, 0.15) is 0 Å². The number of aromatic nitrogens is 2. The molecular formula is C18H24N4. The molecule has 4 heteroatoms. The summed E-state index contributed by atoms with van der Waals surface area (Å²) in [5.74, 6) is 0. The zero-order valence-corrected chi connectivity index (χ0v) is 12.9. The smallest absolute Gasteiger partial charge is 0.0541 e. The van der Waals surface area contributed by atoms with E-state index in [1.807, 2.05) is 36.8 Å². The van der Waals surface area contributed by atoms with Gasteiger partial charge in [0.15, 0.2) is 0 Å². The molecule has 0 aliphatic heterocycles. The molecule has 4 nitrogen and oxygen atoms in total. The van der Waals surface area contributed by atoms with Crippen LogP contribution in [0.4, 0.5) is 0 Å². The summed E-state index contributed by atoms with van der Waals surface area (Å²) in [7, 11) is 0. The molecule has 0 amide bonds. The maximum Gasteiger partial charge on any atom is 0.0541 e. The van der Waals surface area contributed by atoms with E-state index in [1.54, 1.807) is 0 Å². The molecule has 22 heavy (non-hydrogen) atoms. The van der Waals surface area contributed by atoms with Gasteiger partial charge in [0.2, 0.25) is 0 Å². The highest BCUT2D eigenvalue weighted by Crippen LogP contribution is 2.19. The van der Waals surface area contributed by atoms with Gasteiger partial charge in [0, 0.05) is 43.8 Å². The number of nitrogens with zero attached hydrogens (tertiary/aromatic N) is 2. The van der Waals surface area contributed by atoms with Crippen LogP contribution in [0, 0.1) is 0 Å². The van der Waals surface area contributed by atoms with Crippen molar-refractivity contribution in [3.63, 3.8) is 0 Å². The maximum absolute atomic E-state index is 4.39. The molecule has 1 aliphatic rings. The molecule has 1 saturated carbocycles. The lowest BCUT2D eigenvalue weighted by molar-refractivity contribution is 0.280. The molecule has 116 valence electrons. The quantitative estimate of drug-likeness (QED) is 0.860. The first kappa shape index (κ1) is 15.1. The molecule has 0 saturated heterocycles. The second-order valence-corrected chi connectivity index (χ2v) is 5.94. The van der Waals surface area contributed by atoms with Crippen LogP contribution in [0.15, 0.2) is 48.9 Å². The summed E-state index contributed by atoms with van der Waals surface area (Å²) in [5.41, 5.74) is 2.36. The fourth-order valence-electron chi connectivity index (χ4n) is 3.11. The Morgan fingerprint density at radius 1 is 0.909 bits per heavy atom. The summed E-state index contributed by atoms with van der Waals surface area (Å²) in [6.45, 7) is 1.73. The van der Waals surface area contributed by atoms with E-state index in [9.17, 15) is 0 Å². The van der Waals surface area contributed by atoms with Crippen molar-refractivity contribution in [3.8, 4) is 0 Å². The fraction of sp³-hybridized carbons (Fsp3) is 0.444. The van der Waals surface area contributed by atoms with Crippen molar-refractivity contribution < 1.29 is 0 Å². The number of nitrogens with one attached hydrogen (secondary N) is 2. The summed E-state index contributed by atoms with van der Waals surface area (Å²) in [6, 6.07) is 11.2. The van der Waals surface area contributed by atoms with Crippen molar-refractivity contribution in [3.05, 3.63) is 60.2 Å². The van der Waals surface area contributed by atoms with Crippen molar-refractivity contribution in [1.29, 1.82) is 0 Å². The van der Waals surface area contributed by atoms with Crippen LogP contribution in [0.25, 0.3) is 0 Å². The molecule has 2 atom stereocenters. The predicted octanol–water partition coefficient (Wildman–Crippen LogP) is 2.67. The summed E-state index contributed by atoms with van der Waals surface area (Å²) < 4.78 is 0. The minimum Gasteiger partial charge on any atom is -0.308 e. The molecule has 2 heterocycles. The van der Waals surface area contributed by atoms with Crippen molar-refractivity contribution in [2.45, 2.75) is 50.9 Å². The van der Waals surface area contributed by atoms with E-state index in [4.69, 9.17) is 0 Å². The van der Waals surface area contributed by atoms with Gasteiger partial charge in [-0.05, 0) is 36.6 Å². The first-order valence-corrected chi connectivity index (χ1v) is 8.17. The van der Waals surface area contributed by atoms with Gasteiger partial charge < -0.3 is 10.6 Å². The van der Waals surface area contributed by atoms with E-state index in [1.165, 1.54) is 31.2 Å². The Hall–Kier alpha value is -1.78. The van der Waals surface area contributed by atoms with Gasteiger partial charge in [0.05, 0.1) is 5.69 Å². The van der Waals surface area contributed by atoms with Gasteiger partial charge in [-0.25, -0.2) is 0 Å². The topological polar surface area (TPSA) is 49.8 Å². The predicted molar refractivity (Wildman–Crippen MR) is 88.2 cm³/mol. The van der Waals surface area contributed by atoms with Crippen molar-refractivity contribution in [1.82, 2.24) is 20.6 Å². The largest absolute Gasteiger partial charge is 0.308 e. The second-order valence-electron chi connectivity index (χ2n) is 5.94. The van der Waals surface area contributed by atoms with E-state index >= 15 is 0 Å². The van der Waals surface area contributed by atoms with Gasteiger partial charge in [-0.3, -0.25) is 9.97 Å². The summed E-state index contributed by atoms with van der Waals surface area (Å²) >= 11 is 0. The van der Waals surface area contributed by atoms with E-state index < -0.39 is 0 Å². The highest BCUT2D eigenvalue weighted by molar-refractivity contribution is 5.08. The third-order valence-corrected chi connectivity index (χ3v) is 4.33. The van der Waals surface area contributed by atoms with Gasteiger partial charge >= 0.3 is 0 Å². The molecule has 2 aromatic heterocycles. The summed E-state index contributed by atoms with van der Waals surface area (Å²) in [4.78, 5) is 8.57. The zero-order chi connectivity index (χ0) is 15.0. The van der Waals surface area contributed by atoms with E-state index in [0.29, 0.717) is 12.1 Å². The molecular weight excluding hydrogens is 272 g/mol. The van der Waals surface area contributed by atoms with Gasteiger partial charge in [-0.15, -0.1) is 0 Å². The average molecular weight is 296 g/mol. The first-order valence-electron chi connectivity index (χ1n) is 8.17. The minimum absolute atomic E-state index is 0.521. The van der Waals surface area contributed by atoms with Gasteiger partial charge in [0.25, 0.3) is 0 Å². The van der Waals surface area contributed by atoms with Gasteiger partial charge in [-0.1, -0.05) is 25.0 Å². The Bertz CT molecular complexity index is 492. The van der Waals surface area contributed by atoms with E-state index in [0.717, 1.165) is 18.8 Å². The molecule has 0 spiro atoms. The van der Waals surface area contributed by atoms with Gasteiger partial charge in [-0.2, -0.15) is 0 Å². The Balaban J connectivity index is 1.52. The average Bonchev–Trinajstić information content (AvgIpc) is 2.61. The van der Waals surface area contributed by atoms with Crippen LogP contribution < -0.4 is 10.6 Å². The van der Waals surface area contributed by atoms with Crippen LogP contribution in [-0.2, 0) is 13.1 Å². The Kier molecular flexibility index (Phi) is 5.51. The normalized spacial score (nSPS) is 21.6. The molecule has 2 N–H and O–H groups in total. The molecule has 0 unspecified atom stereocenters. The van der Waals surface area contributed by atoms with Crippen LogP contribution in [0.1, 0.15) is 36.9 Å². The standard InChI is InChI=1S/C18H24N4/c1-2-9-18(22-14-16-7-3-4-11-20-16)17(8-1)21-13-15-6-5-10-19-12-15/h3-7,10-12,17-18,21-22H,1-2,8-9,13-14H2/t17-,18-/m1/s1. The minimum atomic E-state index is 0.521. The van der Waals surface area contributed by atoms with Crippen molar-refractivity contribution in [2.24, 2.45) is 0 Å². The van der Waals surface area contributed by atoms with Crippen LogP contribution in [0.2, 0.25) is 0 Å². The lowest BCUT2D eigenvalue weighted by Gasteiger charge is -2.33. The molecule has 0 bridgehead atoms. The monoisotopic (exact) mass is 296 g/mol. The number of pyridine rings is 2. The first-order chi connectivity index (χ1) is 10.9. The van der Waals surface area contributed by atoms with E-state index in [2.05, 4.69) is 32.7 Å². The van der Waals surface area contributed by atoms with Crippen LogP contribution in [0.5, 0.6) is 0 Å². The third kappa shape index (κ3) is 4.36. The maximum atomic E-state index is 4.39. The molecule has 3 rings (SSSR count). The van der Waals surface area contributed by atoms with Crippen molar-refractivity contribution in [2.75, 3.05) is 0 Å². The number of hydrogen-bond donors (Lipinski definition) is 2. The van der Waals surface area contributed by atoms with Crippen LogP contribution in [0.3, 0.4) is 0 Å². The van der Waals surface area contributed by atoms with Crippen molar-refractivity contribution >= 4 is 0 Å². The molecule has 0 radical (unpaired) electrons. The summed E-state index contributed by atoms with van der Waals surface area (Å²) in [6.07, 6.45) is 10.7. The lowest BCUT2D eigenvalue weighted by Crippen LogP contribution is -2.49. The fourth-order valence-corrected chi connectivity index (χ4v) is 3.11. The Morgan fingerprint density at radius 2 is 1.73 bits per heavy atom. The molecule has 2 aromatic rings.